The van der Waals surface area contributed by atoms with Crippen LogP contribution in [0.4, 0.5) is 0 Å². The molecule has 0 aliphatic carbocycles. The summed E-state index contributed by atoms with van der Waals surface area (Å²) in [7, 11) is 5.22. The highest BCUT2D eigenvalue weighted by atomic mass is 16.2. The van der Waals surface area contributed by atoms with Gasteiger partial charge in [-0.3, -0.25) is 19.3 Å². The number of pyridine rings is 1. The third-order valence-electron chi connectivity index (χ3n) is 5.10. The molecule has 0 spiro atoms. The number of carbonyl (C=O) groups is 2. The van der Waals surface area contributed by atoms with Crippen LogP contribution < -0.4 is 5.32 Å². The van der Waals surface area contributed by atoms with Gasteiger partial charge in [0.15, 0.2) is 0 Å². The maximum absolute atomic E-state index is 12.9. The number of benzene rings is 2. The minimum absolute atomic E-state index is 0.0400. The van der Waals surface area contributed by atoms with Crippen LogP contribution in [0.3, 0.4) is 0 Å². The van der Waals surface area contributed by atoms with Gasteiger partial charge in [-0.2, -0.15) is 5.10 Å². The fraction of sp³-hybridized carbons (Fsp3) is 0.167. The van der Waals surface area contributed by atoms with Crippen molar-refractivity contribution in [2.75, 3.05) is 14.1 Å². The summed E-state index contributed by atoms with van der Waals surface area (Å²) in [5.74, 6) is -0.236. The zero-order valence-corrected chi connectivity index (χ0v) is 17.7. The van der Waals surface area contributed by atoms with Crippen LogP contribution in [0.15, 0.2) is 67.0 Å². The number of hydrogen-bond acceptors (Lipinski definition) is 4. The van der Waals surface area contributed by atoms with E-state index in [1.165, 1.54) is 0 Å². The van der Waals surface area contributed by atoms with Crippen molar-refractivity contribution >= 4 is 22.7 Å². The molecule has 2 amide bonds. The van der Waals surface area contributed by atoms with Gasteiger partial charge in [0, 0.05) is 51.0 Å². The molecule has 2 aromatic carbocycles. The van der Waals surface area contributed by atoms with Gasteiger partial charge >= 0.3 is 0 Å². The van der Waals surface area contributed by atoms with E-state index in [0.717, 1.165) is 27.6 Å². The van der Waals surface area contributed by atoms with Crippen molar-refractivity contribution in [3.63, 3.8) is 0 Å². The van der Waals surface area contributed by atoms with Gasteiger partial charge in [0.2, 0.25) is 0 Å². The average molecular weight is 413 g/mol. The first-order valence-corrected chi connectivity index (χ1v) is 9.90. The topological polar surface area (TPSA) is 80.1 Å². The molecule has 0 unspecified atom stereocenters. The maximum atomic E-state index is 12.9. The Morgan fingerprint density at radius 2 is 1.77 bits per heavy atom. The molecule has 2 aromatic heterocycles. The van der Waals surface area contributed by atoms with E-state index in [-0.39, 0.29) is 11.8 Å². The Morgan fingerprint density at radius 3 is 2.45 bits per heavy atom. The molecule has 0 saturated carbocycles. The van der Waals surface area contributed by atoms with E-state index in [2.05, 4.69) is 15.4 Å². The Kier molecular flexibility index (Phi) is 5.49. The Morgan fingerprint density at radius 1 is 1.03 bits per heavy atom. The Labute approximate surface area is 180 Å². The number of carbonyl (C=O) groups excluding carboxylic acids is 2. The summed E-state index contributed by atoms with van der Waals surface area (Å²) in [5.41, 5.74) is 4.72. The van der Waals surface area contributed by atoms with Gasteiger partial charge in [-0.25, -0.2) is 0 Å². The molecular weight excluding hydrogens is 390 g/mol. The van der Waals surface area contributed by atoms with Crippen LogP contribution in [0.1, 0.15) is 26.4 Å². The number of nitrogens with one attached hydrogen (secondary N) is 1. The molecule has 31 heavy (non-hydrogen) atoms. The molecule has 0 aliphatic heterocycles. The lowest BCUT2D eigenvalue weighted by molar-refractivity contribution is 0.0827. The number of rotatable bonds is 5. The number of aryl methyl sites for hydroxylation is 1. The van der Waals surface area contributed by atoms with E-state index in [4.69, 9.17) is 0 Å². The van der Waals surface area contributed by atoms with Gasteiger partial charge in [-0.05, 0) is 47.0 Å². The molecule has 0 bridgehead atoms. The molecule has 0 fully saturated rings. The highest BCUT2D eigenvalue weighted by Crippen LogP contribution is 2.27. The minimum Gasteiger partial charge on any atom is -0.347 e. The molecule has 0 saturated heterocycles. The van der Waals surface area contributed by atoms with E-state index in [9.17, 15) is 9.59 Å². The minimum atomic E-state index is -0.196. The summed E-state index contributed by atoms with van der Waals surface area (Å²) in [6.07, 6.45) is 3.43. The van der Waals surface area contributed by atoms with Gasteiger partial charge < -0.3 is 10.2 Å². The number of fused-ring (bicyclic) bond motifs is 1. The molecule has 2 heterocycles. The third-order valence-corrected chi connectivity index (χ3v) is 5.10. The van der Waals surface area contributed by atoms with Crippen molar-refractivity contribution in [3.05, 3.63) is 83.8 Å². The van der Waals surface area contributed by atoms with Crippen LogP contribution in [-0.4, -0.2) is 45.6 Å². The standard InChI is InChI=1S/C24H23N5O2/c1-28(2)24(31)18-8-6-17(7-9-18)19-10-11-21-20(13-19)22(29(3)27-21)23(30)26-15-16-5-4-12-25-14-16/h4-14H,15H2,1-3H3,(H,26,30). The molecule has 1 N–H and O–H groups in total. The summed E-state index contributed by atoms with van der Waals surface area (Å²) >= 11 is 0. The number of nitrogens with zero attached hydrogens (tertiary/aromatic N) is 4. The fourth-order valence-corrected chi connectivity index (χ4v) is 3.48. The first-order valence-electron chi connectivity index (χ1n) is 9.90. The van der Waals surface area contributed by atoms with Crippen LogP contribution in [0.5, 0.6) is 0 Å². The van der Waals surface area contributed by atoms with Crippen LogP contribution in [0.2, 0.25) is 0 Å². The van der Waals surface area contributed by atoms with Crippen molar-refractivity contribution in [3.8, 4) is 11.1 Å². The monoisotopic (exact) mass is 413 g/mol. The number of amides is 2. The lowest BCUT2D eigenvalue weighted by Gasteiger charge is -2.10. The molecule has 7 nitrogen and oxygen atoms in total. The second-order valence-corrected chi connectivity index (χ2v) is 7.53. The molecule has 0 aliphatic rings. The lowest BCUT2D eigenvalue weighted by Crippen LogP contribution is -2.25. The van der Waals surface area contributed by atoms with E-state index < -0.39 is 0 Å². The summed E-state index contributed by atoms with van der Waals surface area (Å²) in [6, 6.07) is 17.0. The largest absolute Gasteiger partial charge is 0.347 e. The predicted octanol–water partition coefficient (Wildman–Crippen LogP) is 3.27. The predicted molar refractivity (Wildman–Crippen MR) is 120 cm³/mol. The normalized spacial score (nSPS) is 10.8. The highest BCUT2D eigenvalue weighted by Gasteiger charge is 2.17. The van der Waals surface area contributed by atoms with Gasteiger partial charge in [-0.15, -0.1) is 0 Å². The van der Waals surface area contributed by atoms with Crippen LogP contribution in [0.25, 0.3) is 22.0 Å². The lowest BCUT2D eigenvalue weighted by atomic mass is 10.0. The van der Waals surface area contributed by atoms with Crippen LogP contribution >= 0.6 is 0 Å². The van der Waals surface area contributed by atoms with Crippen molar-refractivity contribution < 1.29 is 9.59 Å². The second kappa shape index (κ2) is 8.39. The molecule has 4 aromatic rings. The van der Waals surface area contributed by atoms with Crippen LogP contribution in [0, 0.1) is 0 Å². The maximum Gasteiger partial charge on any atom is 0.270 e. The molecule has 0 radical (unpaired) electrons. The van der Waals surface area contributed by atoms with Crippen molar-refractivity contribution in [1.82, 2.24) is 25.0 Å². The van der Waals surface area contributed by atoms with Crippen molar-refractivity contribution in [1.29, 1.82) is 0 Å². The number of hydrogen-bond donors (Lipinski definition) is 1. The van der Waals surface area contributed by atoms with E-state index >= 15 is 0 Å². The van der Waals surface area contributed by atoms with Crippen molar-refractivity contribution in [2.45, 2.75) is 6.54 Å². The Bertz CT molecular complexity index is 1240. The Balaban J connectivity index is 1.63. The van der Waals surface area contributed by atoms with Gasteiger partial charge in [0.25, 0.3) is 11.8 Å². The molecule has 4 rings (SSSR count). The first kappa shape index (κ1) is 20.3. The van der Waals surface area contributed by atoms with Crippen molar-refractivity contribution in [2.24, 2.45) is 7.05 Å². The zero-order valence-electron chi connectivity index (χ0n) is 17.7. The average Bonchev–Trinajstić information content (AvgIpc) is 3.12. The fourth-order valence-electron chi connectivity index (χ4n) is 3.48. The first-order chi connectivity index (χ1) is 14.9. The van der Waals surface area contributed by atoms with E-state index in [1.54, 1.807) is 43.1 Å². The molecule has 0 atom stereocenters. The van der Waals surface area contributed by atoms with E-state index in [0.29, 0.717) is 17.8 Å². The quantitative estimate of drug-likeness (QED) is 0.545. The van der Waals surface area contributed by atoms with Crippen LogP contribution in [-0.2, 0) is 13.6 Å². The second-order valence-electron chi connectivity index (χ2n) is 7.53. The Hall–Kier alpha value is -4.00. The summed E-state index contributed by atoms with van der Waals surface area (Å²) < 4.78 is 1.60. The SMILES string of the molecule is CN(C)C(=O)c1ccc(-c2ccc3nn(C)c(C(=O)NCc4cccnc4)c3c2)cc1. The summed E-state index contributed by atoms with van der Waals surface area (Å²) in [4.78, 5) is 30.7. The highest BCUT2D eigenvalue weighted by molar-refractivity contribution is 6.06. The number of aromatic nitrogens is 3. The molecule has 7 heteroatoms. The van der Waals surface area contributed by atoms with Gasteiger partial charge in [0.1, 0.15) is 5.69 Å². The van der Waals surface area contributed by atoms with E-state index in [1.807, 2.05) is 54.6 Å². The summed E-state index contributed by atoms with van der Waals surface area (Å²) in [5, 5.41) is 8.19. The zero-order chi connectivity index (χ0) is 22.0. The summed E-state index contributed by atoms with van der Waals surface area (Å²) in [6.45, 7) is 0.389. The smallest absolute Gasteiger partial charge is 0.270 e. The van der Waals surface area contributed by atoms with Gasteiger partial charge in [-0.1, -0.05) is 24.3 Å². The molecular formula is C24H23N5O2. The van der Waals surface area contributed by atoms with Gasteiger partial charge in [0.05, 0.1) is 5.52 Å². The third kappa shape index (κ3) is 4.16. The molecule has 156 valence electrons.